The molecule has 0 aliphatic heterocycles. The molecule has 3 heteroatoms. The number of hydrogen-bond acceptors (Lipinski definition) is 3. The molecule has 0 aromatic carbocycles. The van der Waals surface area contributed by atoms with Crippen LogP contribution in [-0.4, -0.2) is 5.11 Å². The first kappa shape index (κ1) is 12.2. The number of nitriles is 1. The molecular formula is C12H17NOS. The summed E-state index contributed by atoms with van der Waals surface area (Å²) in [4.78, 5) is 2.31. The van der Waals surface area contributed by atoms with Crippen molar-refractivity contribution >= 4 is 11.3 Å². The van der Waals surface area contributed by atoms with Gasteiger partial charge in [-0.25, -0.2) is 0 Å². The second-order valence-electron chi connectivity index (χ2n) is 3.84. The third-order valence-corrected chi connectivity index (χ3v) is 3.53. The van der Waals surface area contributed by atoms with Crippen molar-refractivity contribution in [3.05, 3.63) is 21.4 Å². The first-order valence-electron chi connectivity index (χ1n) is 5.24. The average Bonchev–Trinajstić information content (AvgIpc) is 2.53. The van der Waals surface area contributed by atoms with Crippen LogP contribution < -0.4 is 0 Å². The van der Waals surface area contributed by atoms with Crippen molar-refractivity contribution < 1.29 is 5.11 Å². The minimum atomic E-state index is -0.625. The van der Waals surface area contributed by atoms with Crippen molar-refractivity contribution in [1.29, 1.82) is 5.26 Å². The molecule has 1 aromatic rings. The van der Waals surface area contributed by atoms with Crippen LogP contribution in [0.2, 0.25) is 0 Å². The molecule has 0 fully saturated rings. The maximum absolute atomic E-state index is 10.1. The summed E-state index contributed by atoms with van der Waals surface area (Å²) in [7, 11) is 0. The molecule has 1 aromatic heterocycles. The number of aliphatic hydroxyl groups excluding tert-OH is 1. The summed E-state index contributed by atoms with van der Waals surface area (Å²) in [5.41, 5.74) is 0.928. The molecule has 0 saturated carbocycles. The monoisotopic (exact) mass is 223 g/mol. The summed E-state index contributed by atoms with van der Waals surface area (Å²) < 4.78 is 0. The van der Waals surface area contributed by atoms with Gasteiger partial charge in [0, 0.05) is 9.75 Å². The van der Waals surface area contributed by atoms with Gasteiger partial charge in [0.05, 0.1) is 18.1 Å². The quantitative estimate of drug-likeness (QED) is 0.850. The first-order chi connectivity index (χ1) is 7.10. The molecular weight excluding hydrogens is 206 g/mol. The molecule has 1 rings (SSSR count). The Morgan fingerprint density at radius 1 is 1.53 bits per heavy atom. The van der Waals surface area contributed by atoms with Gasteiger partial charge >= 0.3 is 0 Å². The van der Waals surface area contributed by atoms with Crippen molar-refractivity contribution in [3.63, 3.8) is 0 Å². The predicted octanol–water partition coefficient (Wildman–Crippen LogP) is 3.34. The van der Waals surface area contributed by atoms with Crippen molar-refractivity contribution in [2.24, 2.45) is 5.92 Å². The molecule has 2 nitrogen and oxygen atoms in total. The van der Waals surface area contributed by atoms with Gasteiger partial charge in [0.2, 0.25) is 0 Å². The summed E-state index contributed by atoms with van der Waals surface area (Å²) in [5, 5.41) is 19.1. The van der Waals surface area contributed by atoms with Gasteiger partial charge in [-0.15, -0.1) is 11.3 Å². The van der Waals surface area contributed by atoms with E-state index >= 15 is 0 Å². The van der Waals surface area contributed by atoms with Gasteiger partial charge in [-0.2, -0.15) is 5.26 Å². The highest BCUT2D eigenvalue weighted by Crippen LogP contribution is 2.32. The molecule has 0 saturated heterocycles. The maximum Gasteiger partial charge on any atom is 0.0958 e. The number of hydrogen-bond donors (Lipinski definition) is 1. The fraction of sp³-hybridized carbons (Fsp3) is 0.583. The smallest absolute Gasteiger partial charge is 0.0958 e. The Kier molecular flexibility index (Phi) is 4.31. The summed E-state index contributed by atoms with van der Waals surface area (Å²) in [6.07, 6.45) is 1.06. The van der Waals surface area contributed by atoms with Crippen LogP contribution in [0.5, 0.6) is 0 Å². The highest BCUT2D eigenvalue weighted by atomic mass is 32.1. The second-order valence-corrected chi connectivity index (χ2v) is 5.30. The summed E-state index contributed by atoms with van der Waals surface area (Å²) in [6, 6.07) is 4.18. The van der Waals surface area contributed by atoms with Crippen molar-refractivity contribution in [1.82, 2.24) is 0 Å². The Bertz CT molecular complexity index is 364. The fourth-order valence-corrected chi connectivity index (χ4v) is 2.73. The van der Waals surface area contributed by atoms with Gasteiger partial charge in [-0.05, 0) is 31.9 Å². The predicted molar refractivity (Wildman–Crippen MR) is 62.8 cm³/mol. The van der Waals surface area contributed by atoms with Crippen LogP contribution in [0.4, 0.5) is 0 Å². The Labute approximate surface area is 95.2 Å². The van der Waals surface area contributed by atoms with E-state index in [2.05, 4.69) is 6.07 Å². The average molecular weight is 223 g/mol. The van der Waals surface area contributed by atoms with E-state index in [-0.39, 0.29) is 5.92 Å². The van der Waals surface area contributed by atoms with E-state index < -0.39 is 6.10 Å². The van der Waals surface area contributed by atoms with Crippen LogP contribution in [0.3, 0.4) is 0 Å². The van der Waals surface area contributed by atoms with Crippen molar-refractivity contribution in [2.75, 3.05) is 0 Å². The van der Waals surface area contributed by atoms with Crippen LogP contribution in [-0.2, 0) is 0 Å². The SMILES string of the molecule is CCCC(C#N)C(O)c1cc(C)sc1C. The minimum absolute atomic E-state index is 0.275. The highest BCUT2D eigenvalue weighted by molar-refractivity contribution is 7.12. The van der Waals surface area contributed by atoms with E-state index in [0.29, 0.717) is 0 Å². The normalized spacial score (nSPS) is 14.6. The number of aliphatic hydroxyl groups is 1. The summed E-state index contributed by atoms with van der Waals surface area (Å²) >= 11 is 1.67. The molecule has 2 atom stereocenters. The number of rotatable bonds is 4. The molecule has 15 heavy (non-hydrogen) atoms. The van der Waals surface area contributed by atoms with Crippen LogP contribution in [0.1, 0.15) is 41.2 Å². The molecule has 0 amide bonds. The van der Waals surface area contributed by atoms with E-state index in [4.69, 9.17) is 5.26 Å². The summed E-state index contributed by atoms with van der Waals surface area (Å²) in [5.74, 6) is -0.275. The molecule has 2 unspecified atom stereocenters. The Hall–Kier alpha value is -0.850. The van der Waals surface area contributed by atoms with Gasteiger partial charge in [0.15, 0.2) is 0 Å². The number of aryl methyl sites for hydroxylation is 2. The highest BCUT2D eigenvalue weighted by Gasteiger charge is 2.22. The van der Waals surface area contributed by atoms with E-state index in [1.165, 1.54) is 4.88 Å². The van der Waals surface area contributed by atoms with E-state index in [0.717, 1.165) is 23.3 Å². The largest absolute Gasteiger partial charge is 0.387 e. The lowest BCUT2D eigenvalue weighted by Crippen LogP contribution is -2.10. The van der Waals surface area contributed by atoms with Crippen LogP contribution in [0, 0.1) is 31.1 Å². The lowest BCUT2D eigenvalue weighted by molar-refractivity contribution is 0.129. The molecule has 1 N–H and O–H groups in total. The summed E-state index contributed by atoms with van der Waals surface area (Å²) in [6.45, 7) is 6.05. The first-order valence-corrected chi connectivity index (χ1v) is 6.06. The van der Waals surface area contributed by atoms with E-state index in [1.54, 1.807) is 11.3 Å². The van der Waals surface area contributed by atoms with E-state index in [9.17, 15) is 5.11 Å². The lowest BCUT2D eigenvalue weighted by Gasteiger charge is -2.15. The molecule has 0 aliphatic carbocycles. The van der Waals surface area contributed by atoms with Crippen LogP contribution >= 0.6 is 11.3 Å². The van der Waals surface area contributed by atoms with Crippen LogP contribution in [0.25, 0.3) is 0 Å². The Morgan fingerprint density at radius 3 is 2.60 bits per heavy atom. The number of thiophene rings is 1. The fourth-order valence-electron chi connectivity index (χ4n) is 1.76. The zero-order chi connectivity index (χ0) is 11.4. The number of nitrogens with zero attached hydrogens (tertiary/aromatic N) is 1. The Morgan fingerprint density at radius 2 is 2.20 bits per heavy atom. The molecule has 0 spiro atoms. The zero-order valence-electron chi connectivity index (χ0n) is 9.45. The third-order valence-electron chi connectivity index (χ3n) is 2.54. The maximum atomic E-state index is 10.1. The van der Waals surface area contributed by atoms with Crippen LogP contribution in [0.15, 0.2) is 6.07 Å². The van der Waals surface area contributed by atoms with Gasteiger partial charge in [0.25, 0.3) is 0 Å². The molecule has 0 bridgehead atoms. The van der Waals surface area contributed by atoms with Gasteiger partial charge in [-0.1, -0.05) is 13.3 Å². The second kappa shape index (κ2) is 5.29. The van der Waals surface area contributed by atoms with Gasteiger partial charge < -0.3 is 5.11 Å². The zero-order valence-corrected chi connectivity index (χ0v) is 10.3. The van der Waals surface area contributed by atoms with Crippen molar-refractivity contribution in [3.8, 4) is 6.07 Å². The molecule has 1 heterocycles. The topological polar surface area (TPSA) is 44.0 Å². The third kappa shape index (κ3) is 2.80. The molecule has 82 valence electrons. The standard InChI is InChI=1S/C12H17NOS/c1-4-5-10(7-13)12(14)11-6-8(2)15-9(11)3/h6,10,12,14H,4-5H2,1-3H3. The molecule has 0 aliphatic rings. The minimum Gasteiger partial charge on any atom is -0.387 e. The van der Waals surface area contributed by atoms with Gasteiger partial charge in [-0.3, -0.25) is 0 Å². The van der Waals surface area contributed by atoms with E-state index in [1.807, 2.05) is 26.8 Å². The molecule has 0 radical (unpaired) electrons. The van der Waals surface area contributed by atoms with Crippen molar-refractivity contribution in [2.45, 2.75) is 39.7 Å². The van der Waals surface area contributed by atoms with Gasteiger partial charge in [0.1, 0.15) is 0 Å². The Balaban J connectivity index is 2.88. The lowest BCUT2D eigenvalue weighted by atomic mass is 9.93.